The zero-order chi connectivity index (χ0) is 18.8. The van der Waals surface area contributed by atoms with Crippen LogP contribution in [0.4, 0.5) is 0 Å². The number of aromatic nitrogens is 2. The Kier molecular flexibility index (Phi) is 3.72. The van der Waals surface area contributed by atoms with Crippen LogP contribution in [0.1, 0.15) is 48.2 Å². The highest BCUT2D eigenvalue weighted by molar-refractivity contribution is 5.87. The molecular weight excluding hydrogens is 334 g/mol. The smallest absolute Gasteiger partial charge is 0.106 e. The number of aryl methyl sites for hydroxylation is 1. The van der Waals surface area contributed by atoms with Gasteiger partial charge in [-0.3, -0.25) is 9.88 Å². The monoisotopic (exact) mass is 361 g/mol. The van der Waals surface area contributed by atoms with E-state index in [-0.39, 0.29) is 0 Å². The fraction of sp³-hybridized carbons (Fsp3) is 0.435. The largest absolute Gasteiger partial charge is 0.384 e. The molecular formula is C23H27N3O. The average molecular weight is 361 g/mol. The van der Waals surface area contributed by atoms with E-state index in [0.717, 1.165) is 12.0 Å². The molecule has 1 fully saturated rings. The molecule has 1 N–H and O–H groups in total. The number of fused-ring (bicyclic) bond motifs is 6. The van der Waals surface area contributed by atoms with Gasteiger partial charge in [-0.25, -0.2) is 0 Å². The van der Waals surface area contributed by atoms with Gasteiger partial charge < -0.3 is 9.67 Å². The van der Waals surface area contributed by atoms with Crippen LogP contribution in [-0.4, -0.2) is 32.6 Å². The summed E-state index contributed by atoms with van der Waals surface area (Å²) in [6.45, 7) is 4.62. The van der Waals surface area contributed by atoms with Crippen molar-refractivity contribution in [2.45, 2.75) is 57.3 Å². The van der Waals surface area contributed by atoms with Crippen molar-refractivity contribution in [1.82, 2.24) is 14.5 Å². The highest BCUT2D eigenvalue weighted by Gasteiger charge is 2.41. The van der Waals surface area contributed by atoms with Crippen molar-refractivity contribution in [3.63, 3.8) is 0 Å². The van der Waals surface area contributed by atoms with Gasteiger partial charge >= 0.3 is 0 Å². The van der Waals surface area contributed by atoms with Crippen LogP contribution in [0.15, 0.2) is 42.7 Å². The number of pyridine rings is 1. The Balaban J connectivity index is 1.69. The molecule has 0 radical (unpaired) electrons. The SMILES string of the molecule is Cc1ccc2c(c1)c1c(n2CC(C)(O)c2cccnc2)CC2CCC1N2C. The Bertz CT molecular complexity index is 1010. The Morgan fingerprint density at radius 1 is 1.26 bits per heavy atom. The molecule has 2 bridgehead atoms. The summed E-state index contributed by atoms with van der Waals surface area (Å²) in [6.07, 6.45) is 7.10. The van der Waals surface area contributed by atoms with Gasteiger partial charge in [-0.05, 0) is 57.5 Å². The Morgan fingerprint density at radius 2 is 2.11 bits per heavy atom. The summed E-state index contributed by atoms with van der Waals surface area (Å²) >= 11 is 0. The molecule has 4 nitrogen and oxygen atoms in total. The van der Waals surface area contributed by atoms with E-state index in [9.17, 15) is 5.11 Å². The number of hydrogen-bond acceptors (Lipinski definition) is 3. The van der Waals surface area contributed by atoms with Crippen LogP contribution in [0, 0.1) is 6.92 Å². The molecule has 4 heterocycles. The zero-order valence-electron chi connectivity index (χ0n) is 16.3. The molecule has 3 unspecified atom stereocenters. The van der Waals surface area contributed by atoms with E-state index in [2.05, 4.69) is 46.6 Å². The maximum atomic E-state index is 11.3. The molecule has 0 saturated carbocycles. The number of nitrogens with zero attached hydrogens (tertiary/aromatic N) is 3. The molecule has 2 aliphatic heterocycles. The van der Waals surface area contributed by atoms with Crippen molar-refractivity contribution in [3.8, 4) is 0 Å². The Hall–Kier alpha value is -2.17. The first kappa shape index (κ1) is 17.0. The van der Waals surface area contributed by atoms with E-state index in [1.54, 1.807) is 12.4 Å². The molecule has 2 aliphatic rings. The topological polar surface area (TPSA) is 41.3 Å². The molecule has 0 amide bonds. The first-order valence-corrected chi connectivity index (χ1v) is 9.92. The maximum Gasteiger partial charge on any atom is 0.106 e. The molecule has 1 aromatic carbocycles. The minimum atomic E-state index is -0.957. The number of rotatable bonds is 3. The highest BCUT2D eigenvalue weighted by Crippen LogP contribution is 2.47. The van der Waals surface area contributed by atoms with Gasteiger partial charge in [0.15, 0.2) is 0 Å². The van der Waals surface area contributed by atoms with E-state index in [1.165, 1.54) is 40.6 Å². The molecule has 3 aromatic rings. The normalized spacial score (nSPS) is 24.1. The van der Waals surface area contributed by atoms with Crippen LogP contribution >= 0.6 is 0 Å². The molecule has 4 heteroatoms. The molecule has 1 saturated heterocycles. The second kappa shape index (κ2) is 5.91. The average Bonchev–Trinajstić information content (AvgIpc) is 3.06. The number of benzene rings is 1. The summed E-state index contributed by atoms with van der Waals surface area (Å²) in [5.41, 5.74) is 5.36. The van der Waals surface area contributed by atoms with E-state index < -0.39 is 5.60 Å². The fourth-order valence-electron chi connectivity index (χ4n) is 5.23. The first-order valence-electron chi connectivity index (χ1n) is 9.92. The first-order chi connectivity index (χ1) is 13.0. The van der Waals surface area contributed by atoms with E-state index >= 15 is 0 Å². The Morgan fingerprint density at radius 3 is 2.89 bits per heavy atom. The van der Waals surface area contributed by atoms with Crippen molar-refractivity contribution in [1.29, 1.82) is 0 Å². The van der Waals surface area contributed by atoms with Crippen LogP contribution in [0.25, 0.3) is 10.9 Å². The summed E-state index contributed by atoms with van der Waals surface area (Å²) in [5.74, 6) is 0. The van der Waals surface area contributed by atoms with Crippen molar-refractivity contribution in [2.24, 2.45) is 0 Å². The maximum absolute atomic E-state index is 11.3. The predicted octanol–water partition coefficient (Wildman–Crippen LogP) is 3.94. The van der Waals surface area contributed by atoms with Crippen LogP contribution in [0.3, 0.4) is 0 Å². The van der Waals surface area contributed by atoms with Gasteiger partial charge in [0.25, 0.3) is 0 Å². The summed E-state index contributed by atoms with van der Waals surface area (Å²) in [6, 6.07) is 11.7. The van der Waals surface area contributed by atoms with Gasteiger partial charge in [0.2, 0.25) is 0 Å². The fourth-order valence-corrected chi connectivity index (χ4v) is 5.23. The van der Waals surface area contributed by atoms with Crippen molar-refractivity contribution in [3.05, 3.63) is 65.1 Å². The minimum Gasteiger partial charge on any atom is -0.384 e. The lowest BCUT2D eigenvalue weighted by molar-refractivity contribution is 0.0378. The van der Waals surface area contributed by atoms with Crippen LogP contribution < -0.4 is 0 Å². The van der Waals surface area contributed by atoms with Gasteiger partial charge in [-0.2, -0.15) is 0 Å². The van der Waals surface area contributed by atoms with Crippen molar-refractivity contribution >= 4 is 10.9 Å². The second-order valence-corrected chi connectivity index (χ2v) is 8.60. The van der Waals surface area contributed by atoms with Gasteiger partial charge in [-0.15, -0.1) is 0 Å². The lowest BCUT2D eigenvalue weighted by atomic mass is 9.96. The predicted molar refractivity (Wildman–Crippen MR) is 108 cm³/mol. The highest BCUT2D eigenvalue weighted by atomic mass is 16.3. The van der Waals surface area contributed by atoms with Crippen LogP contribution in [0.5, 0.6) is 0 Å². The lowest BCUT2D eigenvalue weighted by Gasteiger charge is -2.33. The van der Waals surface area contributed by atoms with Gasteiger partial charge in [-0.1, -0.05) is 17.7 Å². The summed E-state index contributed by atoms with van der Waals surface area (Å²) in [4.78, 5) is 6.77. The number of likely N-dealkylation sites (N-methyl/N-ethyl adjacent to an activating group) is 1. The third-order valence-electron chi connectivity index (χ3n) is 6.72. The van der Waals surface area contributed by atoms with E-state index in [1.807, 2.05) is 19.1 Å². The van der Waals surface area contributed by atoms with E-state index in [4.69, 9.17) is 0 Å². The zero-order valence-corrected chi connectivity index (χ0v) is 16.3. The lowest BCUT2D eigenvalue weighted by Crippen LogP contribution is -2.36. The van der Waals surface area contributed by atoms with Gasteiger partial charge in [0, 0.05) is 53.1 Å². The third-order valence-corrected chi connectivity index (χ3v) is 6.72. The molecule has 2 aromatic heterocycles. The molecule has 5 rings (SSSR count). The summed E-state index contributed by atoms with van der Waals surface area (Å²) in [7, 11) is 2.27. The van der Waals surface area contributed by atoms with E-state index in [0.29, 0.717) is 18.6 Å². The summed E-state index contributed by atoms with van der Waals surface area (Å²) in [5, 5.41) is 12.7. The standard InChI is InChI=1S/C23H27N3O/c1-15-6-8-19-18(11-15)22-20-9-7-17(25(20)3)12-21(22)26(19)14-23(2,27)16-5-4-10-24-13-16/h4-6,8,10-11,13,17,20,27H,7,9,12,14H2,1-3H3. The molecule has 27 heavy (non-hydrogen) atoms. The molecule has 0 spiro atoms. The van der Waals surface area contributed by atoms with Crippen molar-refractivity contribution < 1.29 is 5.11 Å². The summed E-state index contributed by atoms with van der Waals surface area (Å²) < 4.78 is 2.38. The quantitative estimate of drug-likeness (QED) is 0.768. The van der Waals surface area contributed by atoms with Crippen molar-refractivity contribution in [2.75, 3.05) is 7.05 Å². The van der Waals surface area contributed by atoms with Gasteiger partial charge in [0.1, 0.15) is 5.60 Å². The van der Waals surface area contributed by atoms with Crippen LogP contribution in [0.2, 0.25) is 0 Å². The minimum absolute atomic E-state index is 0.507. The second-order valence-electron chi connectivity index (χ2n) is 8.60. The molecule has 140 valence electrons. The third kappa shape index (κ3) is 2.54. The molecule has 0 aliphatic carbocycles. The number of hydrogen-bond donors (Lipinski definition) is 1. The number of aliphatic hydroxyl groups is 1. The Labute approximate surface area is 160 Å². The van der Waals surface area contributed by atoms with Gasteiger partial charge in [0.05, 0.1) is 6.54 Å². The van der Waals surface area contributed by atoms with Crippen LogP contribution in [-0.2, 0) is 18.6 Å². The molecule has 3 atom stereocenters.